The maximum absolute atomic E-state index is 5.97. The quantitative estimate of drug-likeness (QED) is 0.431. The number of methoxy groups -OCH3 is 1. The van der Waals surface area contributed by atoms with Gasteiger partial charge in [-0.25, -0.2) is 19.3 Å². The zero-order valence-corrected chi connectivity index (χ0v) is 18.5. The van der Waals surface area contributed by atoms with Crippen molar-refractivity contribution in [3.8, 4) is 5.69 Å². The summed E-state index contributed by atoms with van der Waals surface area (Å²) in [5.41, 5.74) is 1.99. The standard InChI is InChI=1S/C21H27ClN8O/c1-3-23-21(26-17-6-9-20-27-19(14-31-2)28-30(20)13-17)24-10-15-11-25-29(12-15)18-7-4-16(22)5-8-18/h4-5,7-8,11-12,17H,3,6,9-10,13-14H2,1-2H3,(H2,23,24,26). The highest BCUT2D eigenvalue weighted by Crippen LogP contribution is 2.15. The van der Waals surface area contributed by atoms with Gasteiger partial charge in [0.2, 0.25) is 0 Å². The van der Waals surface area contributed by atoms with Crippen molar-refractivity contribution in [1.29, 1.82) is 0 Å². The van der Waals surface area contributed by atoms with Crippen LogP contribution in [0.25, 0.3) is 5.69 Å². The summed E-state index contributed by atoms with van der Waals surface area (Å²) < 4.78 is 8.94. The molecule has 3 aromatic rings. The molecule has 2 aromatic heterocycles. The topological polar surface area (TPSA) is 94.2 Å². The highest BCUT2D eigenvalue weighted by Gasteiger charge is 2.22. The first-order chi connectivity index (χ1) is 15.1. The van der Waals surface area contributed by atoms with Crippen LogP contribution < -0.4 is 10.6 Å². The van der Waals surface area contributed by atoms with E-state index < -0.39 is 0 Å². The molecule has 3 heterocycles. The summed E-state index contributed by atoms with van der Waals surface area (Å²) >= 11 is 5.97. The SMILES string of the molecule is CCNC(=NCc1cnn(-c2ccc(Cl)cc2)c1)NC1CCc2nc(COC)nn2C1. The predicted molar refractivity (Wildman–Crippen MR) is 119 cm³/mol. The van der Waals surface area contributed by atoms with Crippen molar-refractivity contribution in [3.05, 3.63) is 58.9 Å². The third-order valence-corrected chi connectivity index (χ3v) is 5.26. The largest absolute Gasteiger partial charge is 0.377 e. The van der Waals surface area contributed by atoms with E-state index in [0.717, 1.165) is 54.8 Å². The van der Waals surface area contributed by atoms with Crippen LogP contribution in [0.5, 0.6) is 0 Å². The van der Waals surface area contributed by atoms with Crippen molar-refractivity contribution in [1.82, 2.24) is 35.2 Å². The van der Waals surface area contributed by atoms with Crippen LogP contribution in [0.15, 0.2) is 41.7 Å². The van der Waals surface area contributed by atoms with E-state index in [9.17, 15) is 0 Å². The van der Waals surface area contributed by atoms with Crippen molar-refractivity contribution >= 4 is 17.6 Å². The van der Waals surface area contributed by atoms with Crippen molar-refractivity contribution in [2.45, 2.75) is 45.5 Å². The molecule has 10 heteroatoms. The third-order valence-electron chi connectivity index (χ3n) is 5.01. The van der Waals surface area contributed by atoms with E-state index in [1.807, 2.05) is 46.0 Å². The number of halogens is 1. The fraction of sp³-hybridized carbons (Fsp3) is 0.429. The molecule has 1 atom stereocenters. The number of ether oxygens (including phenoxy) is 1. The lowest BCUT2D eigenvalue weighted by molar-refractivity contribution is 0.177. The molecular weight excluding hydrogens is 416 g/mol. The number of rotatable bonds is 7. The molecule has 0 bridgehead atoms. The Morgan fingerprint density at radius 3 is 2.94 bits per heavy atom. The Bertz CT molecular complexity index is 1030. The van der Waals surface area contributed by atoms with Crippen LogP contribution >= 0.6 is 11.6 Å². The molecule has 0 radical (unpaired) electrons. The van der Waals surface area contributed by atoms with E-state index in [2.05, 4.69) is 32.7 Å². The lowest BCUT2D eigenvalue weighted by Crippen LogP contribution is -2.47. The molecule has 31 heavy (non-hydrogen) atoms. The molecule has 0 saturated heterocycles. The van der Waals surface area contributed by atoms with Crippen LogP contribution in [-0.4, -0.2) is 50.2 Å². The number of aliphatic imine (C=N–C) groups is 1. The molecule has 0 amide bonds. The lowest BCUT2D eigenvalue weighted by atomic mass is 10.1. The molecule has 1 unspecified atom stereocenters. The number of nitrogens with one attached hydrogen (secondary N) is 2. The number of hydrogen-bond donors (Lipinski definition) is 2. The molecule has 0 saturated carbocycles. The van der Waals surface area contributed by atoms with Crippen molar-refractivity contribution < 1.29 is 4.74 Å². The van der Waals surface area contributed by atoms with Crippen molar-refractivity contribution in [2.75, 3.05) is 13.7 Å². The predicted octanol–water partition coefficient (Wildman–Crippen LogP) is 2.33. The maximum Gasteiger partial charge on any atom is 0.191 e. The van der Waals surface area contributed by atoms with Gasteiger partial charge in [-0.05, 0) is 37.6 Å². The number of hydrogen-bond acceptors (Lipinski definition) is 5. The smallest absolute Gasteiger partial charge is 0.191 e. The van der Waals surface area contributed by atoms with Gasteiger partial charge in [0, 0.05) is 42.9 Å². The highest BCUT2D eigenvalue weighted by atomic mass is 35.5. The number of aromatic nitrogens is 5. The molecule has 2 N–H and O–H groups in total. The summed E-state index contributed by atoms with van der Waals surface area (Å²) in [7, 11) is 1.66. The molecule has 9 nitrogen and oxygen atoms in total. The number of fused-ring (bicyclic) bond motifs is 1. The summed E-state index contributed by atoms with van der Waals surface area (Å²) in [6, 6.07) is 7.82. The highest BCUT2D eigenvalue weighted by molar-refractivity contribution is 6.30. The second kappa shape index (κ2) is 9.93. The van der Waals surface area contributed by atoms with E-state index in [1.165, 1.54) is 0 Å². The first kappa shape index (κ1) is 21.3. The van der Waals surface area contributed by atoms with Crippen LogP contribution in [0, 0.1) is 0 Å². The van der Waals surface area contributed by atoms with E-state index in [4.69, 9.17) is 21.3 Å². The summed E-state index contributed by atoms with van der Waals surface area (Å²) in [6.45, 7) is 4.57. The number of aryl methyl sites for hydroxylation is 1. The minimum Gasteiger partial charge on any atom is -0.377 e. The Kier molecular flexibility index (Phi) is 6.83. The van der Waals surface area contributed by atoms with Crippen LogP contribution in [0.4, 0.5) is 0 Å². The second-order valence-electron chi connectivity index (χ2n) is 7.40. The first-order valence-corrected chi connectivity index (χ1v) is 10.8. The Morgan fingerprint density at radius 2 is 2.16 bits per heavy atom. The van der Waals surface area contributed by atoms with Crippen LogP contribution in [-0.2, 0) is 30.9 Å². The zero-order valence-electron chi connectivity index (χ0n) is 17.8. The normalized spacial score (nSPS) is 16.2. The molecule has 164 valence electrons. The van der Waals surface area contributed by atoms with Crippen molar-refractivity contribution in [3.63, 3.8) is 0 Å². The van der Waals surface area contributed by atoms with Gasteiger partial charge in [0.05, 0.1) is 25.0 Å². The minimum atomic E-state index is 0.235. The summed E-state index contributed by atoms with van der Waals surface area (Å²) in [4.78, 5) is 9.28. The Morgan fingerprint density at radius 1 is 1.32 bits per heavy atom. The van der Waals surface area contributed by atoms with Gasteiger partial charge in [0.1, 0.15) is 12.4 Å². The molecule has 1 aromatic carbocycles. The van der Waals surface area contributed by atoms with Crippen molar-refractivity contribution in [2.24, 2.45) is 4.99 Å². The van der Waals surface area contributed by atoms with Gasteiger partial charge >= 0.3 is 0 Å². The lowest BCUT2D eigenvalue weighted by Gasteiger charge is -2.25. The molecule has 4 rings (SSSR count). The molecule has 1 aliphatic rings. The monoisotopic (exact) mass is 442 g/mol. The molecular formula is C21H27ClN8O. The Balaban J connectivity index is 1.39. The fourth-order valence-corrected chi connectivity index (χ4v) is 3.66. The average Bonchev–Trinajstić information content (AvgIpc) is 3.39. The minimum absolute atomic E-state index is 0.235. The molecule has 0 aliphatic carbocycles. The third kappa shape index (κ3) is 5.42. The fourth-order valence-electron chi connectivity index (χ4n) is 3.53. The van der Waals surface area contributed by atoms with E-state index >= 15 is 0 Å². The van der Waals surface area contributed by atoms with Gasteiger partial charge in [-0.3, -0.25) is 0 Å². The Hall–Kier alpha value is -2.91. The molecule has 0 spiro atoms. The summed E-state index contributed by atoms with van der Waals surface area (Å²) in [5, 5.41) is 16.5. The van der Waals surface area contributed by atoms with Gasteiger partial charge < -0.3 is 15.4 Å². The second-order valence-corrected chi connectivity index (χ2v) is 7.84. The van der Waals surface area contributed by atoms with E-state index in [1.54, 1.807) is 7.11 Å². The van der Waals surface area contributed by atoms with Gasteiger partial charge in [-0.1, -0.05) is 11.6 Å². The van der Waals surface area contributed by atoms with Crippen LogP contribution in [0.2, 0.25) is 5.02 Å². The average molecular weight is 443 g/mol. The number of benzene rings is 1. The van der Waals surface area contributed by atoms with Crippen LogP contribution in [0.3, 0.4) is 0 Å². The van der Waals surface area contributed by atoms with Crippen LogP contribution in [0.1, 0.15) is 30.6 Å². The number of nitrogens with zero attached hydrogens (tertiary/aromatic N) is 6. The van der Waals surface area contributed by atoms with E-state index in [-0.39, 0.29) is 6.04 Å². The summed E-state index contributed by atoms with van der Waals surface area (Å²) in [6.07, 6.45) is 5.67. The maximum atomic E-state index is 5.97. The van der Waals surface area contributed by atoms with Gasteiger partial charge in [-0.15, -0.1) is 0 Å². The zero-order chi connectivity index (χ0) is 21.6. The summed E-state index contributed by atoms with van der Waals surface area (Å²) in [5.74, 6) is 2.53. The van der Waals surface area contributed by atoms with E-state index in [0.29, 0.717) is 18.2 Å². The van der Waals surface area contributed by atoms with Gasteiger partial charge in [-0.2, -0.15) is 10.2 Å². The number of guanidine groups is 1. The van der Waals surface area contributed by atoms with Gasteiger partial charge in [0.15, 0.2) is 11.8 Å². The molecule has 1 aliphatic heterocycles. The molecule has 0 fully saturated rings. The Labute approximate surface area is 186 Å². The first-order valence-electron chi connectivity index (χ1n) is 10.4. The van der Waals surface area contributed by atoms with Gasteiger partial charge in [0.25, 0.3) is 0 Å².